The van der Waals surface area contributed by atoms with E-state index in [0.29, 0.717) is 18.8 Å². The molecule has 2 aromatic heterocycles. The van der Waals surface area contributed by atoms with Gasteiger partial charge < -0.3 is 19.0 Å². The SMILES string of the molecule is C=COc1ccc(CN(C)C(=O)C(Cc2cc(C)nn2C)C(=O)N(C)Cc2ccc3occc3c2)cc1C. The first-order valence-electron chi connectivity index (χ1n) is 12.5. The largest absolute Gasteiger partial charge is 0.465 e. The fraction of sp³-hybridized carbons (Fsp3) is 0.300. The van der Waals surface area contributed by atoms with Crippen molar-refractivity contribution in [3.63, 3.8) is 0 Å². The first kappa shape index (κ1) is 26.7. The zero-order valence-electron chi connectivity index (χ0n) is 22.6. The molecule has 2 aromatic carbocycles. The molecule has 0 aliphatic rings. The van der Waals surface area contributed by atoms with Crippen LogP contribution in [-0.2, 0) is 36.1 Å². The summed E-state index contributed by atoms with van der Waals surface area (Å²) in [5.41, 5.74) is 5.31. The number of nitrogens with zero attached hydrogens (tertiary/aromatic N) is 4. The fourth-order valence-electron chi connectivity index (χ4n) is 4.73. The second-order valence-corrected chi connectivity index (χ2v) is 9.72. The first-order chi connectivity index (χ1) is 18.2. The minimum absolute atomic E-state index is 0.237. The molecule has 0 spiro atoms. The molecule has 38 heavy (non-hydrogen) atoms. The zero-order chi connectivity index (χ0) is 27.4. The van der Waals surface area contributed by atoms with Gasteiger partial charge in [0.15, 0.2) is 0 Å². The van der Waals surface area contributed by atoms with E-state index in [1.165, 1.54) is 6.26 Å². The molecule has 0 saturated carbocycles. The van der Waals surface area contributed by atoms with Crippen LogP contribution in [0.1, 0.15) is 28.1 Å². The van der Waals surface area contributed by atoms with E-state index >= 15 is 0 Å². The van der Waals surface area contributed by atoms with E-state index in [9.17, 15) is 9.59 Å². The van der Waals surface area contributed by atoms with Crippen LogP contribution in [0.15, 0.2) is 72.1 Å². The average Bonchev–Trinajstić information content (AvgIpc) is 3.48. The van der Waals surface area contributed by atoms with Crippen molar-refractivity contribution in [1.29, 1.82) is 0 Å². The fourth-order valence-corrected chi connectivity index (χ4v) is 4.73. The zero-order valence-corrected chi connectivity index (χ0v) is 22.6. The molecule has 0 aliphatic carbocycles. The molecule has 1 atom stereocenters. The quantitative estimate of drug-likeness (QED) is 0.225. The van der Waals surface area contributed by atoms with Gasteiger partial charge in [-0.1, -0.05) is 24.8 Å². The normalized spacial score (nSPS) is 11.8. The third kappa shape index (κ3) is 5.96. The van der Waals surface area contributed by atoms with Crippen molar-refractivity contribution < 1.29 is 18.7 Å². The summed E-state index contributed by atoms with van der Waals surface area (Å²) in [6.07, 6.45) is 3.29. The molecule has 0 saturated heterocycles. The van der Waals surface area contributed by atoms with Crippen LogP contribution in [0.4, 0.5) is 0 Å². The van der Waals surface area contributed by atoms with Crippen LogP contribution in [0.3, 0.4) is 0 Å². The Morgan fingerprint density at radius 2 is 1.68 bits per heavy atom. The first-order valence-corrected chi connectivity index (χ1v) is 12.5. The van der Waals surface area contributed by atoms with Crippen molar-refractivity contribution in [2.24, 2.45) is 13.0 Å². The predicted octanol–water partition coefficient (Wildman–Crippen LogP) is 4.78. The number of carbonyl (C=O) groups excluding carboxylic acids is 2. The van der Waals surface area contributed by atoms with Gasteiger partial charge in [0.05, 0.1) is 18.2 Å². The highest BCUT2D eigenvalue weighted by Gasteiger charge is 2.33. The lowest BCUT2D eigenvalue weighted by atomic mass is 9.98. The van der Waals surface area contributed by atoms with Crippen LogP contribution >= 0.6 is 0 Å². The van der Waals surface area contributed by atoms with Gasteiger partial charge in [-0.2, -0.15) is 5.10 Å². The van der Waals surface area contributed by atoms with Crippen molar-refractivity contribution in [3.8, 4) is 5.75 Å². The molecule has 8 heteroatoms. The molecular weight excluding hydrogens is 480 g/mol. The molecular formula is C30H34N4O4. The molecule has 0 bridgehead atoms. The number of fused-ring (bicyclic) bond motifs is 1. The van der Waals surface area contributed by atoms with Crippen molar-refractivity contribution in [1.82, 2.24) is 19.6 Å². The van der Waals surface area contributed by atoms with E-state index in [2.05, 4.69) is 11.7 Å². The van der Waals surface area contributed by atoms with E-state index in [-0.39, 0.29) is 18.2 Å². The van der Waals surface area contributed by atoms with Crippen molar-refractivity contribution in [2.75, 3.05) is 14.1 Å². The summed E-state index contributed by atoms with van der Waals surface area (Å²) in [7, 11) is 5.29. The van der Waals surface area contributed by atoms with Crippen LogP contribution in [-0.4, -0.2) is 45.5 Å². The van der Waals surface area contributed by atoms with Gasteiger partial charge in [-0.15, -0.1) is 0 Å². The molecule has 0 aliphatic heterocycles. The second kappa shape index (κ2) is 11.4. The van der Waals surface area contributed by atoms with Gasteiger partial charge in [-0.05, 0) is 60.9 Å². The third-order valence-corrected chi connectivity index (χ3v) is 6.67. The van der Waals surface area contributed by atoms with Crippen LogP contribution in [0.5, 0.6) is 5.75 Å². The molecule has 0 radical (unpaired) electrons. The summed E-state index contributed by atoms with van der Waals surface area (Å²) in [4.78, 5) is 30.7. The van der Waals surface area contributed by atoms with E-state index in [1.54, 1.807) is 34.8 Å². The van der Waals surface area contributed by atoms with Crippen molar-refractivity contribution >= 4 is 22.8 Å². The topological polar surface area (TPSA) is 80.8 Å². The van der Waals surface area contributed by atoms with Crippen molar-refractivity contribution in [3.05, 3.63) is 95.7 Å². The van der Waals surface area contributed by atoms with E-state index < -0.39 is 5.92 Å². The highest BCUT2D eigenvalue weighted by atomic mass is 16.5. The maximum Gasteiger partial charge on any atom is 0.235 e. The molecule has 0 fully saturated rings. The van der Waals surface area contributed by atoms with Crippen LogP contribution in [0.2, 0.25) is 0 Å². The number of hydrogen-bond acceptors (Lipinski definition) is 5. The van der Waals surface area contributed by atoms with Crippen LogP contribution in [0, 0.1) is 19.8 Å². The highest BCUT2D eigenvalue weighted by molar-refractivity contribution is 6.00. The Hall–Kier alpha value is -4.33. The van der Waals surface area contributed by atoms with Crippen molar-refractivity contribution in [2.45, 2.75) is 33.4 Å². The van der Waals surface area contributed by atoms with E-state index in [0.717, 1.165) is 39.0 Å². The summed E-state index contributed by atoms with van der Waals surface area (Å²) < 4.78 is 12.6. The lowest BCUT2D eigenvalue weighted by Gasteiger charge is -2.27. The summed E-state index contributed by atoms with van der Waals surface area (Å²) in [5.74, 6) is -0.650. The van der Waals surface area contributed by atoms with Gasteiger partial charge in [0.2, 0.25) is 11.8 Å². The van der Waals surface area contributed by atoms with Gasteiger partial charge in [-0.25, -0.2) is 0 Å². The Morgan fingerprint density at radius 3 is 2.29 bits per heavy atom. The lowest BCUT2D eigenvalue weighted by molar-refractivity contribution is -0.146. The molecule has 8 nitrogen and oxygen atoms in total. The van der Waals surface area contributed by atoms with Gasteiger partial charge >= 0.3 is 0 Å². The third-order valence-electron chi connectivity index (χ3n) is 6.67. The minimum Gasteiger partial charge on any atom is -0.465 e. The minimum atomic E-state index is -0.887. The molecule has 2 amide bonds. The average molecular weight is 515 g/mol. The number of furan rings is 1. The summed E-state index contributed by atoms with van der Waals surface area (Å²) in [5, 5.41) is 5.38. The Labute approximate surface area is 223 Å². The summed E-state index contributed by atoms with van der Waals surface area (Å²) in [6, 6.07) is 15.4. The summed E-state index contributed by atoms with van der Waals surface area (Å²) in [6.45, 7) is 8.18. The Kier molecular flexibility index (Phi) is 8.00. The van der Waals surface area contributed by atoms with Crippen LogP contribution in [0.25, 0.3) is 11.0 Å². The monoisotopic (exact) mass is 514 g/mol. The van der Waals surface area contributed by atoms with Gasteiger partial charge in [0.25, 0.3) is 0 Å². The molecule has 0 N–H and O–H groups in total. The highest BCUT2D eigenvalue weighted by Crippen LogP contribution is 2.23. The lowest BCUT2D eigenvalue weighted by Crippen LogP contribution is -2.43. The number of carbonyl (C=O) groups is 2. The number of aromatic nitrogens is 2. The number of amides is 2. The molecule has 198 valence electrons. The number of aryl methyl sites for hydroxylation is 3. The molecule has 4 aromatic rings. The van der Waals surface area contributed by atoms with Gasteiger partial charge in [-0.3, -0.25) is 14.3 Å². The van der Waals surface area contributed by atoms with Crippen LogP contribution < -0.4 is 4.74 Å². The van der Waals surface area contributed by atoms with Gasteiger partial charge in [0, 0.05) is 51.7 Å². The number of ether oxygens (including phenoxy) is 1. The molecule has 1 unspecified atom stereocenters. The Morgan fingerprint density at radius 1 is 1.03 bits per heavy atom. The Balaban J connectivity index is 1.55. The predicted molar refractivity (Wildman–Crippen MR) is 146 cm³/mol. The summed E-state index contributed by atoms with van der Waals surface area (Å²) >= 11 is 0. The standard InChI is InChI=1S/C30H34N4O4/c1-7-37-27-10-8-22(14-20(27)2)18-32(4)29(35)26(17-25-15-21(3)31-34(25)6)30(36)33(5)19-23-9-11-28-24(16-23)12-13-38-28/h7-16,26H,1,17-19H2,2-6H3. The maximum atomic E-state index is 13.8. The number of rotatable bonds is 10. The maximum absolute atomic E-state index is 13.8. The Bertz CT molecular complexity index is 1470. The molecule has 4 rings (SSSR count). The number of hydrogen-bond donors (Lipinski definition) is 0. The van der Waals surface area contributed by atoms with E-state index in [4.69, 9.17) is 9.15 Å². The number of benzene rings is 2. The smallest absolute Gasteiger partial charge is 0.235 e. The second-order valence-electron chi connectivity index (χ2n) is 9.72. The molecule has 2 heterocycles. The van der Waals surface area contributed by atoms with E-state index in [1.807, 2.05) is 69.4 Å². The van der Waals surface area contributed by atoms with Gasteiger partial charge in [0.1, 0.15) is 17.3 Å².